The summed E-state index contributed by atoms with van der Waals surface area (Å²) in [5.74, 6) is 0. The lowest BCUT2D eigenvalue weighted by atomic mass is 10.4. The van der Waals surface area contributed by atoms with Crippen molar-refractivity contribution in [2.45, 2.75) is 13.0 Å². The molecule has 0 amide bonds. The van der Waals surface area contributed by atoms with Crippen molar-refractivity contribution < 1.29 is 14.6 Å². The minimum absolute atomic E-state index is 0.0462. The van der Waals surface area contributed by atoms with Crippen molar-refractivity contribution in [1.82, 2.24) is 0 Å². The lowest BCUT2D eigenvalue weighted by Gasteiger charge is -2.11. The number of aliphatic hydroxyl groups excluding tert-OH is 1. The van der Waals surface area contributed by atoms with Crippen LogP contribution in [0.15, 0.2) is 0 Å². The predicted molar refractivity (Wildman–Crippen MR) is 40.3 cm³/mol. The van der Waals surface area contributed by atoms with Crippen LogP contribution in [0.25, 0.3) is 0 Å². The van der Waals surface area contributed by atoms with Gasteiger partial charge >= 0.3 is 0 Å². The Labute approximate surface area is 60.5 Å². The van der Waals surface area contributed by atoms with Crippen molar-refractivity contribution in [3.8, 4) is 0 Å². The SMILES string of the molecule is CCP(=O)(O)CC(O)CN. The minimum Gasteiger partial charge on any atom is -0.391 e. The first-order valence-electron chi connectivity index (χ1n) is 3.21. The van der Waals surface area contributed by atoms with Gasteiger partial charge in [-0.2, -0.15) is 0 Å². The highest BCUT2D eigenvalue weighted by molar-refractivity contribution is 7.58. The van der Waals surface area contributed by atoms with Gasteiger partial charge < -0.3 is 15.7 Å². The molecule has 0 aromatic rings. The Morgan fingerprint density at radius 2 is 2.20 bits per heavy atom. The fraction of sp³-hybridized carbons (Fsp3) is 1.00. The Morgan fingerprint density at radius 1 is 1.70 bits per heavy atom. The zero-order chi connectivity index (χ0) is 8.20. The molecule has 4 N–H and O–H groups in total. The standard InChI is InChI=1S/C5H14NO3P/c1-2-10(8,9)4-5(7)3-6/h5,7H,2-4,6H2,1H3,(H,8,9). The van der Waals surface area contributed by atoms with Gasteiger partial charge in [-0.1, -0.05) is 6.92 Å². The average Bonchev–Trinajstić information content (AvgIpc) is 1.87. The van der Waals surface area contributed by atoms with E-state index in [0.29, 0.717) is 0 Å². The number of hydrogen-bond acceptors (Lipinski definition) is 3. The summed E-state index contributed by atoms with van der Waals surface area (Å²) in [5.41, 5.74) is 5.05. The molecule has 0 rings (SSSR count). The number of aliphatic hydroxyl groups is 1. The van der Waals surface area contributed by atoms with Gasteiger partial charge in [0.15, 0.2) is 0 Å². The van der Waals surface area contributed by atoms with E-state index in [4.69, 9.17) is 15.7 Å². The third-order valence-corrected chi connectivity index (χ3v) is 3.24. The van der Waals surface area contributed by atoms with Crippen LogP contribution in [0, 0.1) is 0 Å². The molecule has 2 atom stereocenters. The van der Waals surface area contributed by atoms with Gasteiger partial charge in [0.2, 0.25) is 7.37 Å². The van der Waals surface area contributed by atoms with Crippen LogP contribution in [0.2, 0.25) is 0 Å². The molecule has 0 bridgehead atoms. The molecule has 10 heavy (non-hydrogen) atoms. The zero-order valence-corrected chi connectivity index (χ0v) is 6.92. The highest BCUT2D eigenvalue weighted by Crippen LogP contribution is 2.39. The van der Waals surface area contributed by atoms with Gasteiger partial charge in [0.05, 0.1) is 12.3 Å². The van der Waals surface area contributed by atoms with Gasteiger partial charge in [-0.25, -0.2) is 0 Å². The van der Waals surface area contributed by atoms with Gasteiger partial charge in [0, 0.05) is 12.7 Å². The summed E-state index contributed by atoms with van der Waals surface area (Å²) >= 11 is 0. The van der Waals surface area contributed by atoms with Crippen LogP contribution in [0.5, 0.6) is 0 Å². The van der Waals surface area contributed by atoms with Gasteiger partial charge in [0.25, 0.3) is 0 Å². The maximum Gasteiger partial charge on any atom is 0.202 e. The van der Waals surface area contributed by atoms with Gasteiger partial charge in [-0.05, 0) is 0 Å². The Balaban J connectivity index is 3.77. The topological polar surface area (TPSA) is 83.5 Å². The van der Waals surface area contributed by atoms with E-state index in [1.54, 1.807) is 6.92 Å². The van der Waals surface area contributed by atoms with E-state index >= 15 is 0 Å². The van der Waals surface area contributed by atoms with Crippen molar-refractivity contribution in [3.05, 3.63) is 0 Å². The van der Waals surface area contributed by atoms with Crippen molar-refractivity contribution in [1.29, 1.82) is 0 Å². The second-order valence-electron chi connectivity index (χ2n) is 2.23. The molecule has 0 aromatic carbocycles. The summed E-state index contributed by atoms with van der Waals surface area (Å²) in [4.78, 5) is 8.96. The molecule has 0 aliphatic carbocycles. The fourth-order valence-electron chi connectivity index (χ4n) is 0.533. The normalized spacial score (nSPS) is 20.0. The van der Waals surface area contributed by atoms with E-state index in [9.17, 15) is 4.57 Å². The van der Waals surface area contributed by atoms with Crippen LogP contribution >= 0.6 is 7.37 Å². The molecular formula is C5H14NO3P. The first kappa shape index (κ1) is 10.1. The van der Waals surface area contributed by atoms with Crippen molar-refractivity contribution in [3.63, 3.8) is 0 Å². The monoisotopic (exact) mass is 167 g/mol. The Hall–Kier alpha value is 0.110. The molecule has 0 aliphatic heterocycles. The summed E-state index contributed by atoms with van der Waals surface area (Å²) in [6, 6.07) is 0. The highest BCUT2D eigenvalue weighted by Gasteiger charge is 2.18. The molecule has 62 valence electrons. The van der Waals surface area contributed by atoms with E-state index in [0.717, 1.165) is 0 Å². The molecule has 0 heterocycles. The number of rotatable bonds is 4. The summed E-state index contributed by atoms with van der Waals surface area (Å²) in [5, 5.41) is 8.87. The third-order valence-electron chi connectivity index (χ3n) is 1.26. The molecule has 0 radical (unpaired) electrons. The molecule has 4 nitrogen and oxygen atoms in total. The third kappa shape index (κ3) is 4.01. The fourth-order valence-corrected chi connectivity index (χ4v) is 1.60. The summed E-state index contributed by atoms with van der Waals surface area (Å²) in [7, 11) is -3.08. The van der Waals surface area contributed by atoms with E-state index in [1.165, 1.54) is 0 Å². The van der Waals surface area contributed by atoms with E-state index in [1.807, 2.05) is 0 Å². The van der Waals surface area contributed by atoms with Crippen LogP contribution in [-0.4, -0.2) is 35.0 Å². The van der Waals surface area contributed by atoms with Crippen LogP contribution in [-0.2, 0) is 4.57 Å². The second kappa shape index (κ2) is 4.09. The molecule has 0 spiro atoms. The molecule has 0 aromatic heterocycles. The van der Waals surface area contributed by atoms with Crippen LogP contribution in [0.3, 0.4) is 0 Å². The number of hydrogen-bond donors (Lipinski definition) is 3. The summed E-state index contributed by atoms with van der Waals surface area (Å²) in [6.45, 7) is 1.66. The first-order valence-corrected chi connectivity index (χ1v) is 5.24. The van der Waals surface area contributed by atoms with Gasteiger partial charge in [-0.3, -0.25) is 4.57 Å². The minimum atomic E-state index is -3.08. The Morgan fingerprint density at radius 3 is 2.50 bits per heavy atom. The van der Waals surface area contributed by atoms with Crippen molar-refractivity contribution >= 4 is 7.37 Å². The summed E-state index contributed by atoms with van der Waals surface area (Å²) in [6.07, 6.45) is -0.722. The maximum absolute atomic E-state index is 10.9. The van der Waals surface area contributed by atoms with E-state index in [2.05, 4.69) is 0 Å². The van der Waals surface area contributed by atoms with Crippen LogP contribution < -0.4 is 5.73 Å². The maximum atomic E-state index is 10.9. The van der Waals surface area contributed by atoms with Crippen molar-refractivity contribution in [2.75, 3.05) is 18.9 Å². The molecule has 2 unspecified atom stereocenters. The first-order chi connectivity index (χ1) is 4.52. The van der Waals surface area contributed by atoms with Gasteiger partial charge in [0.1, 0.15) is 0 Å². The summed E-state index contributed by atoms with van der Waals surface area (Å²) < 4.78 is 10.9. The molecule has 0 saturated carbocycles. The quantitative estimate of drug-likeness (QED) is 0.497. The predicted octanol–water partition coefficient (Wildman–Crippen LogP) is -0.404. The number of nitrogens with two attached hydrogens (primary N) is 1. The van der Waals surface area contributed by atoms with Crippen LogP contribution in [0.1, 0.15) is 6.92 Å². The second-order valence-corrected chi connectivity index (χ2v) is 4.92. The van der Waals surface area contributed by atoms with Crippen molar-refractivity contribution in [2.24, 2.45) is 5.73 Å². The largest absolute Gasteiger partial charge is 0.391 e. The average molecular weight is 167 g/mol. The van der Waals surface area contributed by atoms with Gasteiger partial charge in [-0.15, -0.1) is 0 Å². The van der Waals surface area contributed by atoms with E-state index < -0.39 is 13.5 Å². The molecule has 0 fully saturated rings. The highest BCUT2D eigenvalue weighted by atomic mass is 31.2. The molecule has 0 saturated heterocycles. The molecule has 5 heteroatoms. The molecule has 0 aliphatic rings. The lowest BCUT2D eigenvalue weighted by Crippen LogP contribution is -2.23. The van der Waals surface area contributed by atoms with Crippen LogP contribution in [0.4, 0.5) is 0 Å². The zero-order valence-electron chi connectivity index (χ0n) is 6.03. The van der Waals surface area contributed by atoms with E-state index in [-0.39, 0.29) is 18.9 Å². The Bertz CT molecular complexity index is 139. The lowest BCUT2D eigenvalue weighted by molar-refractivity contribution is 0.202. The molecular weight excluding hydrogens is 153 g/mol. The Kier molecular flexibility index (Phi) is 4.13. The smallest absolute Gasteiger partial charge is 0.202 e.